The number of anilines is 3. The molecule has 2 aromatic carbocycles. The van der Waals surface area contributed by atoms with E-state index < -0.39 is 11.6 Å². The van der Waals surface area contributed by atoms with Crippen LogP contribution in [0.4, 0.5) is 30.6 Å². The summed E-state index contributed by atoms with van der Waals surface area (Å²) in [5.41, 5.74) is 0.890. The minimum atomic E-state index is -0.975. The van der Waals surface area contributed by atoms with Crippen LogP contribution in [0, 0.1) is 17.5 Å². The number of nitrogens with zero attached hydrogens (tertiary/aromatic N) is 3. The Morgan fingerprint density at radius 1 is 0.920 bits per heavy atom. The molecule has 3 rings (SSSR count). The van der Waals surface area contributed by atoms with Crippen molar-refractivity contribution in [2.45, 2.75) is 6.42 Å². The van der Waals surface area contributed by atoms with Gasteiger partial charge in [0.2, 0.25) is 5.95 Å². The van der Waals surface area contributed by atoms with Crippen LogP contribution < -0.4 is 10.6 Å². The van der Waals surface area contributed by atoms with Gasteiger partial charge >= 0.3 is 0 Å². The summed E-state index contributed by atoms with van der Waals surface area (Å²) in [5.74, 6) is -1.62. The SMILES string of the molecule is Fc1ccc(Nc2nncc(NCCc3ccccc3F)n2)cc1F. The molecule has 0 aliphatic heterocycles. The first-order valence-corrected chi connectivity index (χ1v) is 7.51. The lowest BCUT2D eigenvalue weighted by molar-refractivity contribution is 0.509. The van der Waals surface area contributed by atoms with E-state index in [0.29, 0.717) is 30.0 Å². The number of halogens is 3. The van der Waals surface area contributed by atoms with Crippen LogP contribution >= 0.6 is 0 Å². The molecule has 0 bridgehead atoms. The lowest BCUT2D eigenvalue weighted by Gasteiger charge is -2.08. The fraction of sp³-hybridized carbons (Fsp3) is 0.118. The van der Waals surface area contributed by atoms with E-state index in [0.717, 1.165) is 12.1 Å². The van der Waals surface area contributed by atoms with Gasteiger partial charge in [-0.2, -0.15) is 10.1 Å². The van der Waals surface area contributed by atoms with E-state index in [1.165, 1.54) is 18.3 Å². The van der Waals surface area contributed by atoms with Crippen LogP contribution in [0.15, 0.2) is 48.7 Å². The Bertz CT molecular complexity index is 872. The first-order chi connectivity index (χ1) is 12.1. The van der Waals surface area contributed by atoms with Crippen LogP contribution in [0.2, 0.25) is 0 Å². The summed E-state index contributed by atoms with van der Waals surface area (Å²) in [4.78, 5) is 4.17. The van der Waals surface area contributed by atoms with Crippen molar-refractivity contribution in [2.75, 3.05) is 17.2 Å². The largest absolute Gasteiger partial charge is 0.368 e. The molecule has 5 nitrogen and oxygen atoms in total. The van der Waals surface area contributed by atoms with Crippen molar-refractivity contribution >= 4 is 17.5 Å². The van der Waals surface area contributed by atoms with E-state index in [2.05, 4.69) is 25.8 Å². The third kappa shape index (κ3) is 4.43. The molecule has 2 N–H and O–H groups in total. The van der Waals surface area contributed by atoms with Gasteiger partial charge in [-0.1, -0.05) is 18.2 Å². The molecule has 0 aliphatic rings. The molecule has 0 aliphatic carbocycles. The van der Waals surface area contributed by atoms with Crippen molar-refractivity contribution in [1.29, 1.82) is 0 Å². The Morgan fingerprint density at radius 2 is 1.76 bits per heavy atom. The summed E-state index contributed by atoms with van der Waals surface area (Å²) >= 11 is 0. The van der Waals surface area contributed by atoms with Crippen molar-refractivity contribution in [1.82, 2.24) is 15.2 Å². The van der Waals surface area contributed by atoms with Gasteiger partial charge in [0.15, 0.2) is 17.5 Å². The monoisotopic (exact) mass is 345 g/mol. The summed E-state index contributed by atoms with van der Waals surface area (Å²) in [6.07, 6.45) is 1.89. The second-order valence-electron chi connectivity index (χ2n) is 5.19. The van der Waals surface area contributed by atoms with E-state index in [1.807, 2.05) is 0 Å². The lowest BCUT2D eigenvalue weighted by Crippen LogP contribution is -2.09. The summed E-state index contributed by atoms with van der Waals surface area (Å²) in [7, 11) is 0. The molecule has 0 unspecified atom stereocenters. The maximum Gasteiger partial charge on any atom is 0.249 e. The van der Waals surface area contributed by atoms with Crippen LogP contribution in [0.5, 0.6) is 0 Å². The van der Waals surface area contributed by atoms with E-state index in [4.69, 9.17) is 0 Å². The van der Waals surface area contributed by atoms with Gasteiger partial charge in [0, 0.05) is 18.3 Å². The number of hydrogen-bond donors (Lipinski definition) is 2. The fourth-order valence-electron chi connectivity index (χ4n) is 2.17. The highest BCUT2D eigenvalue weighted by atomic mass is 19.2. The molecule has 0 fully saturated rings. The Labute approximate surface area is 141 Å². The van der Waals surface area contributed by atoms with Gasteiger partial charge in [0.25, 0.3) is 0 Å². The molecule has 0 saturated heterocycles. The molecule has 3 aromatic rings. The Balaban J connectivity index is 1.61. The zero-order valence-corrected chi connectivity index (χ0v) is 13.0. The molecule has 25 heavy (non-hydrogen) atoms. The topological polar surface area (TPSA) is 62.7 Å². The Morgan fingerprint density at radius 3 is 2.56 bits per heavy atom. The average molecular weight is 345 g/mol. The van der Waals surface area contributed by atoms with Gasteiger partial charge < -0.3 is 10.6 Å². The van der Waals surface area contributed by atoms with Crippen molar-refractivity contribution in [3.05, 3.63) is 71.7 Å². The average Bonchev–Trinajstić information content (AvgIpc) is 2.60. The highest BCUT2D eigenvalue weighted by molar-refractivity contribution is 5.54. The van der Waals surface area contributed by atoms with Crippen LogP contribution in [0.3, 0.4) is 0 Å². The zero-order chi connectivity index (χ0) is 17.6. The molecular formula is C17H14F3N5. The molecule has 1 heterocycles. The number of aromatic nitrogens is 3. The van der Waals surface area contributed by atoms with Gasteiger partial charge in [0.05, 0.1) is 6.20 Å². The quantitative estimate of drug-likeness (QED) is 0.713. The van der Waals surface area contributed by atoms with Gasteiger partial charge in [-0.3, -0.25) is 0 Å². The number of hydrogen-bond acceptors (Lipinski definition) is 5. The van der Waals surface area contributed by atoms with Crippen LogP contribution in [0.1, 0.15) is 5.56 Å². The smallest absolute Gasteiger partial charge is 0.249 e. The normalized spacial score (nSPS) is 10.5. The molecule has 0 saturated carbocycles. The summed E-state index contributed by atoms with van der Waals surface area (Å²) in [5, 5.41) is 13.3. The minimum Gasteiger partial charge on any atom is -0.368 e. The van der Waals surface area contributed by atoms with Gasteiger partial charge in [-0.25, -0.2) is 13.2 Å². The second kappa shape index (κ2) is 7.61. The van der Waals surface area contributed by atoms with E-state index in [9.17, 15) is 13.2 Å². The van der Waals surface area contributed by atoms with Crippen molar-refractivity contribution in [2.24, 2.45) is 0 Å². The molecular weight excluding hydrogens is 331 g/mol. The number of benzene rings is 2. The van der Waals surface area contributed by atoms with E-state index in [1.54, 1.807) is 18.2 Å². The minimum absolute atomic E-state index is 0.127. The van der Waals surface area contributed by atoms with E-state index >= 15 is 0 Å². The zero-order valence-electron chi connectivity index (χ0n) is 13.0. The second-order valence-corrected chi connectivity index (χ2v) is 5.19. The molecule has 1 aromatic heterocycles. The predicted octanol–water partition coefficient (Wildman–Crippen LogP) is 3.69. The van der Waals surface area contributed by atoms with Gasteiger partial charge in [0.1, 0.15) is 5.82 Å². The van der Waals surface area contributed by atoms with E-state index in [-0.39, 0.29) is 11.8 Å². The molecule has 128 valence electrons. The highest BCUT2D eigenvalue weighted by Crippen LogP contribution is 2.17. The third-order valence-corrected chi connectivity index (χ3v) is 3.39. The summed E-state index contributed by atoms with van der Waals surface area (Å²) in [6, 6.07) is 9.89. The number of nitrogens with one attached hydrogen (secondary N) is 2. The molecule has 0 spiro atoms. The first kappa shape index (κ1) is 16.7. The maximum atomic E-state index is 13.5. The summed E-state index contributed by atoms with van der Waals surface area (Å²) < 4.78 is 39.7. The van der Waals surface area contributed by atoms with Gasteiger partial charge in [-0.05, 0) is 30.2 Å². The fourth-order valence-corrected chi connectivity index (χ4v) is 2.17. The number of rotatable bonds is 6. The highest BCUT2D eigenvalue weighted by Gasteiger charge is 2.06. The molecule has 0 radical (unpaired) electrons. The molecule has 0 atom stereocenters. The van der Waals surface area contributed by atoms with Gasteiger partial charge in [-0.15, -0.1) is 5.10 Å². The molecule has 0 amide bonds. The van der Waals surface area contributed by atoms with Crippen LogP contribution in [-0.2, 0) is 6.42 Å². The third-order valence-electron chi connectivity index (χ3n) is 3.39. The molecule has 8 heteroatoms. The first-order valence-electron chi connectivity index (χ1n) is 7.51. The standard InChI is InChI=1S/C17H14F3N5/c18-13-4-2-1-3-11(13)7-8-21-16-10-22-25-17(24-16)23-12-5-6-14(19)15(20)9-12/h1-6,9-10H,7-8H2,(H2,21,23,24,25). The Hall–Kier alpha value is -3.16. The Kier molecular flexibility index (Phi) is 5.08. The van der Waals surface area contributed by atoms with Crippen molar-refractivity contribution in [3.8, 4) is 0 Å². The van der Waals surface area contributed by atoms with Crippen molar-refractivity contribution < 1.29 is 13.2 Å². The van der Waals surface area contributed by atoms with Crippen LogP contribution in [-0.4, -0.2) is 21.7 Å². The van der Waals surface area contributed by atoms with Crippen LogP contribution in [0.25, 0.3) is 0 Å². The lowest BCUT2D eigenvalue weighted by atomic mass is 10.1. The summed E-state index contributed by atoms with van der Waals surface area (Å²) in [6.45, 7) is 0.449. The maximum absolute atomic E-state index is 13.5. The predicted molar refractivity (Wildman–Crippen MR) is 88.1 cm³/mol. The van der Waals surface area contributed by atoms with Crippen molar-refractivity contribution in [3.63, 3.8) is 0 Å².